The van der Waals surface area contributed by atoms with Crippen LogP contribution in [-0.4, -0.2) is 12.6 Å². The van der Waals surface area contributed by atoms with Gasteiger partial charge in [-0.2, -0.15) is 0 Å². The van der Waals surface area contributed by atoms with E-state index in [2.05, 4.69) is 13.8 Å². The maximum Gasteiger partial charge on any atom is 0.305 e. The largest absolute Gasteiger partial charge is 0.466 e. The lowest BCUT2D eigenvalue weighted by atomic mass is 9.92. The van der Waals surface area contributed by atoms with E-state index >= 15 is 0 Å². The van der Waals surface area contributed by atoms with Crippen LogP contribution in [0.25, 0.3) is 0 Å². The zero-order chi connectivity index (χ0) is 13.2. The topological polar surface area (TPSA) is 26.3 Å². The molecule has 1 saturated heterocycles. The van der Waals surface area contributed by atoms with Crippen molar-refractivity contribution < 1.29 is 9.53 Å². The molecule has 1 fully saturated rings. The van der Waals surface area contributed by atoms with Crippen LogP contribution in [-0.2, 0) is 9.53 Å². The van der Waals surface area contributed by atoms with E-state index in [1.165, 1.54) is 44.9 Å². The quantitative estimate of drug-likeness (QED) is 0.585. The van der Waals surface area contributed by atoms with Crippen molar-refractivity contribution in [1.29, 1.82) is 0 Å². The van der Waals surface area contributed by atoms with E-state index in [0.717, 1.165) is 18.8 Å². The SMILES string of the molecule is CC1CCCCCCCC(=O)OCCC(C)CC1. The summed E-state index contributed by atoms with van der Waals surface area (Å²) < 4.78 is 5.28. The van der Waals surface area contributed by atoms with Crippen molar-refractivity contribution in [2.24, 2.45) is 11.8 Å². The zero-order valence-corrected chi connectivity index (χ0v) is 12.2. The molecular weight excluding hydrogens is 224 g/mol. The summed E-state index contributed by atoms with van der Waals surface area (Å²) in [7, 11) is 0. The Hall–Kier alpha value is -0.530. The fourth-order valence-electron chi connectivity index (χ4n) is 2.60. The highest BCUT2D eigenvalue weighted by atomic mass is 16.5. The van der Waals surface area contributed by atoms with Gasteiger partial charge in [-0.3, -0.25) is 4.79 Å². The molecule has 0 N–H and O–H groups in total. The minimum atomic E-state index is 0.00504. The van der Waals surface area contributed by atoms with Crippen LogP contribution in [0.2, 0.25) is 0 Å². The predicted octanol–water partition coefficient (Wildman–Crippen LogP) is 4.72. The lowest BCUT2D eigenvalue weighted by Crippen LogP contribution is -2.09. The average molecular weight is 254 g/mol. The average Bonchev–Trinajstić information content (AvgIpc) is 2.34. The summed E-state index contributed by atoms with van der Waals surface area (Å²) >= 11 is 0. The van der Waals surface area contributed by atoms with Gasteiger partial charge < -0.3 is 4.74 Å². The summed E-state index contributed by atoms with van der Waals surface area (Å²) in [5.74, 6) is 1.55. The smallest absolute Gasteiger partial charge is 0.305 e. The second-order valence-electron chi connectivity index (χ2n) is 6.10. The Morgan fingerprint density at radius 3 is 2.22 bits per heavy atom. The van der Waals surface area contributed by atoms with Crippen molar-refractivity contribution in [3.8, 4) is 0 Å². The van der Waals surface area contributed by atoms with E-state index < -0.39 is 0 Å². The van der Waals surface area contributed by atoms with Gasteiger partial charge >= 0.3 is 5.97 Å². The number of ether oxygens (including phenoxy) is 1. The molecule has 2 unspecified atom stereocenters. The van der Waals surface area contributed by atoms with Crippen LogP contribution < -0.4 is 0 Å². The summed E-state index contributed by atoms with van der Waals surface area (Å²) in [6.07, 6.45) is 11.8. The van der Waals surface area contributed by atoms with Crippen molar-refractivity contribution in [2.75, 3.05) is 6.61 Å². The van der Waals surface area contributed by atoms with E-state index in [-0.39, 0.29) is 5.97 Å². The molecule has 18 heavy (non-hydrogen) atoms. The van der Waals surface area contributed by atoms with Crippen molar-refractivity contribution in [2.45, 2.75) is 78.1 Å². The van der Waals surface area contributed by atoms with Gasteiger partial charge in [0.05, 0.1) is 6.61 Å². The molecule has 0 aromatic rings. The lowest BCUT2D eigenvalue weighted by molar-refractivity contribution is -0.144. The first-order valence-corrected chi connectivity index (χ1v) is 7.84. The molecule has 0 spiro atoms. The van der Waals surface area contributed by atoms with Crippen molar-refractivity contribution in [1.82, 2.24) is 0 Å². The first-order chi connectivity index (χ1) is 8.68. The fourth-order valence-corrected chi connectivity index (χ4v) is 2.60. The van der Waals surface area contributed by atoms with Crippen LogP contribution in [0.3, 0.4) is 0 Å². The van der Waals surface area contributed by atoms with Gasteiger partial charge in [-0.1, -0.05) is 58.8 Å². The van der Waals surface area contributed by atoms with Crippen LogP contribution in [0.1, 0.15) is 78.1 Å². The molecule has 2 heteroatoms. The Balaban J connectivity index is 2.30. The molecule has 0 saturated carbocycles. The number of carbonyl (C=O) groups excluding carboxylic acids is 1. The molecule has 1 aliphatic heterocycles. The molecular formula is C16H30O2. The minimum Gasteiger partial charge on any atom is -0.466 e. The van der Waals surface area contributed by atoms with Crippen LogP contribution in [0.4, 0.5) is 0 Å². The molecule has 0 aliphatic carbocycles. The number of hydrogen-bond acceptors (Lipinski definition) is 2. The van der Waals surface area contributed by atoms with Gasteiger partial charge in [0.25, 0.3) is 0 Å². The molecule has 0 radical (unpaired) electrons. The summed E-state index contributed by atoms with van der Waals surface area (Å²) in [4.78, 5) is 11.5. The molecule has 1 rings (SSSR count). The molecule has 106 valence electrons. The molecule has 2 nitrogen and oxygen atoms in total. The van der Waals surface area contributed by atoms with E-state index in [1.54, 1.807) is 0 Å². The molecule has 2 atom stereocenters. The van der Waals surface area contributed by atoms with Gasteiger partial charge in [0, 0.05) is 6.42 Å². The van der Waals surface area contributed by atoms with E-state index in [4.69, 9.17) is 4.74 Å². The molecule has 0 amide bonds. The number of cyclic esters (lactones) is 1. The Kier molecular flexibility index (Phi) is 8.11. The van der Waals surface area contributed by atoms with Crippen LogP contribution >= 0.6 is 0 Å². The first kappa shape index (κ1) is 15.5. The van der Waals surface area contributed by atoms with Gasteiger partial charge in [0.15, 0.2) is 0 Å². The highest BCUT2D eigenvalue weighted by Gasteiger charge is 2.09. The Bertz CT molecular complexity index is 225. The standard InChI is InChI=1S/C16H30O2/c1-14-8-6-4-3-5-7-9-16(17)18-13-12-15(2)11-10-14/h14-15H,3-13H2,1-2H3. The zero-order valence-electron chi connectivity index (χ0n) is 12.2. The van der Waals surface area contributed by atoms with Crippen LogP contribution in [0.5, 0.6) is 0 Å². The van der Waals surface area contributed by atoms with E-state index in [9.17, 15) is 4.79 Å². The van der Waals surface area contributed by atoms with E-state index in [1.807, 2.05) is 0 Å². The first-order valence-electron chi connectivity index (χ1n) is 7.84. The number of rotatable bonds is 0. The maximum absolute atomic E-state index is 11.5. The second kappa shape index (κ2) is 9.41. The molecule has 0 aromatic heterocycles. The van der Waals surface area contributed by atoms with E-state index in [0.29, 0.717) is 18.9 Å². The van der Waals surface area contributed by atoms with Gasteiger partial charge in [0.2, 0.25) is 0 Å². The Labute approximate surface area is 112 Å². The predicted molar refractivity (Wildman–Crippen MR) is 75.5 cm³/mol. The lowest BCUT2D eigenvalue weighted by Gasteiger charge is -2.15. The highest BCUT2D eigenvalue weighted by Crippen LogP contribution is 2.20. The highest BCUT2D eigenvalue weighted by molar-refractivity contribution is 5.69. The summed E-state index contributed by atoms with van der Waals surface area (Å²) in [5.41, 5.74) is 0. The fraction of sp³-hybridized carbons (Fsp3) is 0.938. The van der Waals surface area contributed by atoms with Gasteiger partial charge in [-0.25, -0.2) is 0 Å². The number of carbonyl (C=O) groups is 1. The Morgan fingerprint density at radius 1 is 0.833 bits per heavy atom. The van der Waals surface area contributed by atoms with Gasteiger partial charge in [0.1, 0.15) is 0 Å². The molecule has 0 bridgehead atoms. The summed E-state index contributed by atoms with van der Waals surface area (Å²) in [5, 5.41) is 0. The van der Waals surface area contributed by atoms with Crippen LogP contribution in [0.15, 0.2) is 0 Å². The van der Waals surface area contributed by atoms with Crippen molar-refractivity contribution in [3.05, 3.63) is 0 Å². The Morgan fingerprint density at radius 2 is 1.44 bits per heavy atom. The third-order valence-corrected chi connectivity index (χ3v) is 4.10. The normalized spacial score (nSPS) is 30.0. The minimum absolute atomic E-state index is 0.00504. The van der Waals surface area contributed by atoms with Crippen molar-refractivity contribution in [3.63, 3.8) is 0 Å². The molecule has 1 aliphatic rings. The number of hydrogen-bond donors (Lipinski definition) is 0. The second-order valence-corrected chi connectivity index (χ2v) is 6.10. The third-order valence-electron chi connectivity index (χ3n) is 4.10. The van der Waals surface area contributed by atoms with Gasteiger partial charge in [-0.05, 0) is 24.7 Å². The van der Waals surface area contributed by atoms with Crippen LogP contribution in [0, 0.1) is 11.8 Å². The van der Waals surface area contributed by atoms with Gasteiger partial charge in [-0.15, -0.1) is 0 Å². The summed E-state index contributed by atoms with van der Waals surface area (Å²) in [6, 6.07) is 0. The maximum atomic E-state index is 11.5. The summed E-state index contributed by atoms with van der Waals surface area (Å²) in [6.45, 7) is 5.28. The monoisotopic (exact) mass is 254 g/mol. The molecule has 0 aromatic carbocycles. The third kappa shape index (κ3) is 7.73. The molecule has 1 heterocycles. The number of esters is 1. The van der Waals surface area contributed by atoms with Crippen molar-refractivity contribution >= 4 is 5.97 Å².